The first-order valence-electron chi connectivity index (χ1n) is 2.07. The van der Waals surface area contributed by atoms with Crippen LogP contribution in [0.2, 0.25) is 0 Å². The van der Waals surface area contributed by atoms with Crippen molar-refractivity contribution >= 4 is 40.0 Å². The molecule has 4 heteroatoms. The molecule has 0 heterocycles. The molecule has 0 aliphatic heterocycles. The van der Waals surface area contributed by atoms with Crippen molar-refractivity contribution in [1.29, 1.82) is 0 Å². The van der Waals surface area contributed by atoms with E-state index in [9.17, 15) is 0 Å². The van der Waals surface area contributed by atoms with Crippen molar-refractivity contribution in [3.8, 4) is 0 Å². The van der Waals surface area contributed by atoms with Crippen LogP contribution < -0.4 is 0 Å². The fourth-order valence-corrected chi connectivity index (χ4v) is 1.63. The summed E-state index contributed by atoms with van der Waals surface area (Å²) >= 11 is 16.1. The van der Waals surface area contributed by atoms with E-state index in [1.54, 1.807) is 6.08 Å². The standard InChI is InChI=1S/C4H7Cl2PS/c1-2-3-7(6,8)4-5/h2H,1,3-4H2. The van der Waals surface area contributed by atoms with E-state index in [2.05, 4.69) is 6.58 Å². The molecule has 1 atom stereocenters. The molecule has 0 fully saturated rings. The van der Waals surface area contributed by atoms with Crippen LogP contribution in [0.25, 0.3) is 0 Å². The molecule has 0 aliphatic carbocycles. The summed E-state index contributed by atoms with van der Waals surface area (Å²) in [5, 5.41) is -1.72. The van der Waals surface area contributed by atoms with E-state index < -0.39 is 5.39 Å². The summed E-state index contributed by atoms with van der Waals surface area (Å²) in [7, 11) is 0. The Kier molecular flexibility index (Phi) is 4.37. The minimum atomic E-state index is -1.72. The Morgan fingerprint density at radius 2 is 2.25 bits per heavy atom. The van der Waals surface area contributed by atoms with Gasteiger partial charge < -0.3 is 0 Å². The minimum Gasteiger partial charge on any atom is -0.120 e. The molecule has 0 saturated carbocycles. The van der Waals surface area contributed by atoms with Gasteiger partial charge in [-0.15, -0.1) is 18.2 Å². The summed E-state index contributed by atoms with van der Waals surface area (Å²) in [5.41, 5.74) is 0.399. The summed E-state index contributed by atoms with van der Waals surface area (Å²) < 4.78 is 0. The third-order valence-electron chi connectivity index (χ3n) is 0.580. The summed E-state index contributed by atoms with van der Waals surface area (Å²) in [4.78, 5) is 0. The normalized spacial score (nSPS) is 17.2. The minimum absolute atomic E-state index is 0.399. The van der Waals surface area contributed by atoms with Gasteiger partial charge in [0.2, 0.25) is 0 Å². The first-order valence-corrected chi connectivity index (χ1v) is 6.68. The van der Waals surface area contributed by atoms with E-state index in [0.717, 1.165) is 0 Å². The van der Waals surface area contributed by atoms with Gasteiger partial charge in [-0.1, -0.05) is 29.1 Å². The molecule has 0 bridgehead atoms. The smallest absolute Gasteiger partial charge is 0.0647 e. The van der Waals surface area contributed by atoms with E-state index in [-0.39, 0.29) is 0 Å². The molecule has 1 unspecified atom stereocenters. The Morgan fingerprint density at radius 3 is 2.38 bits per heavy atom. The van der Waals surface area contributed by atoms with Crippen LogP contribution in [0.15, 0.2) is 12.7 Å². The van der Waals surface area contributed by atoms with Crippen LogP contribution >= 0.6 is 28.2 Å². The monoisotopic (exact) mass is 188 g/mol. The average molecular weight is 189 g/mol. The SMILES string of the molecule is C=CCP(=S)(Cl)CCl. The second-order valence-corrected chi connectivity index (χ2v) is 8.92. The highest BCUT2D eigenvalue weighted by Gasteiger charge is 2.06. The van der Waals surface area contributed by atoms with Gasteiger partial charge in [0.1, 0.15) is 0 Å². The highest BCUT2D eigenvalue weighted by Crippen LogP contribution is 2.52. The predicted octanol–water partition coefficient (Wildman–Crippen LogP) is 3.00. The predicted molar refractivity (Wildman–Crippen MR) is 45.9 cm³/mol. The van der Waals surface area contributed by atoms with Gasteiger partial charge in [0.15, 0.2) is 0 Å². The van der Waals surface area contributed by atoms with E-state index in [4.69, 9.17) is 34.6 Å². The third-order valence-corrected chi connectivity index (χ3v) is 5.36. The van der Waals surface area contributed by atoms with Gasteiger partial charge in [0, 0.05) is 6.16 Å². The van der Waals surface area contributed by atoms with Crippen molar-refractivity contribution in [3.05, 3.63) is 12.7 Å². The molecule has 0 aromatic carbocycles. The lowest BCUT2D eigenvalue weighted by molar-refractivity contribution is 1.77. The lowest BCUT2D eigenvalue weighted by Crippen LogP contribution is -1.76. The quantitative estimate of drug-likeness (QED) is 0.373. The molecule has 0 radical (unpaired) electrons. The Labute approximate surface area is 64.7 Å². The van der Waals surface area contributed by atoms with Crippen molar-refractivity contribution in [2.75, 3.05) is 11.8 Å². The van der Waals surface area contributed by atoms with Crippen LogP contribution in [0.4, 0.5) is 0 Å². The number of allylic oxidation sites excluding steroid dienone is 1. The van der Waals surface area contributed by atoms with E-state index in [0.29, 0.717) is 11.8 Å². The third kappa shape index (κ3) is 3.91. The molecule has 0 aromatic rings. The Bertz CT molecular complexity index is 123. The first-order chi connectivity index (χ1) is 3.62. The van der Waals surface area contributed by atoms with Gasteiger partial charge in [-0.25, -0.2) is 0 Å². The molecule has 8 heavy (non-hydrogen) atoms. The van der Waals surface area contributed by atoms with Crippen molar-refractivity contribution in [2.24, 2.45) is 0 Å². The molecule has 0 rings (SSSR count). The van der Waals surface area contributed by atoms with Crippen LogP contribution in [-0.2, 0) is 11.8 Å². The van der Waals surface area contributed by atoms with Crippen molar-refractivity contribution in [2.45, 2.75) is 0 Å². The maximum Gasteiger partial charge on any atom is 0.0647 e. The zero-order valence-corrected chi connectivity index (χ0v) is 7.53. The molecule has 0 amide bonds. The van der Waals surface area contributed by atoms with Crippen LogP contribution in [0.5, 0.6) is 0 Å². The summed E-state index contributed by atoms with van der Waals surface area (Å²) in [6.45, 7) is 3.51. The van der Waals surface area contributed by atoms with Gasteiger partial charge in [0.25, 0.3) is 0 Å². The number of halogens is 2. The van der Waals surface area contributed by atoms with E-state index >= 15 is 0 Å². The summed E-state index contributed by atoms with van der Waals surface area (Å²) in [5.74, 6) is 0. The van der Waals surface area contributed by atoms with Crippen LogP contribution in [0, 0.1) is 0 Å². The number of hydrogen-bond acceptors (Lipinski definition) is 1. The van der Waals surface area contributed by atoms with Gasteiger partial charge in [-0.05, 0) is 0 Å². The van der Waals surface area contributed by atoms with Crippen LogP contribution in [-0.4, -0.2) is 11.8 Å². The second kappa shape index (κ2) is 3.90. The largest absolute Gasteiger partial charge is 0.120 e. The maximum atomic E-state index is 5.74. The number of rotatable bonds is 3. The fraction of sp³-hybridized carbons (Fsp3) is 0.500. The molecular weight excluding hydrogens is 182 g/mol. The number of alkyl halides is 1. The molecule has 48 valence electrons. The molecule has 0 N–H and O–H groups in total. The van der Waals surface area contributed by atoms with Gasteiger partial charge in [0.05, 0.1) is 11.0 Å². The fourth-order valence-electron chi connectivity index (χ4n) is 0.242. The Balaban J connectivity index is 3.72. The lowest BCUT2D eigenvalue weighted by atomic mass is 10.8. The molecule has 0 aromatic heterocycles. The maximum absolute atomic E-state index is 5.74. The van der Waals surface area contributed by atoms with Gasteiger partial charge in [-0.2, -0.15) is 0 Å². The van der Waals surface area contributed by atoms with E-state index in [1.165, 1.54) is 0 Å². The zero-order valence-electron chi connectivity index (χ0n) is 4.31. The topological polar surface area (TPSA) is 0 Å². The van der Waals surface area contributed by atoms with Crippen LogP contribution in [0.1, 0.15) is 0 Å². The highest BCUT2D eigenvalue weighted by atomic mass is 35.7. The molecule has 0 aliphatic rings. The first kappa shape index (κ1) is 8.97. The van der Waals surface area contributed by atoms with Gasteiger partial charge in [-0.3, -0.25) is 0 Å². The Hall–Kier alpha value is 0.970. The highest BCUT2D eigenvalue weighted by molar-refractivity contribution is 8.27. The Morgan fingerprint density at radius 1 is 1.75 bits per heavy atom. The van der Waals surface area contributed by atoms with Crippen molar-refractivity contribution in [1.82, 2.24) is 0 Å². The average Bonchev–Trinajstić information content (AvgIpc) is 1.67. The van der Waals surface area contributed by atoms with Crippen LogP contribution in [0.3, 0.4) is 0 Å². The molecule has 0 nitrogen and oxygen atoms in total. The summed E-state index contributed by atoms with van der Waals surface area (Å²) in [6.07, 6.45) is 2.41. The van der Waals surface area contributed by atoms with Crippen molar-refractivity contribution < 1.29 is 0 Å². The van der Waals surface area contributed by atoms with Gasteiger partial charge >= 0.3 is 0 Å². The molecule has 0 saturated heterocycles. The number of hydrogen-bond donors (Lipinski definition) is 0. The summed E-state index contributed by atoms with van der Waals surface area (Å²) in [6, 6.07) is 0. The molecular formula is C4H7Cl2PS. The molecule has 0 spiro atoms. The van der Waals surface area contributed by atoms with Crippen molar-refractivity contribution in [3.63, 3.8) is 0 Å². The zero-order chi connectivity index (χ0) is 6.62. The second-order valence-electron chi connectivity index (χ2n) is 1.38. The van der Waals surface area contributed by atoms with E-state index in [1.807, 2.05) is 0 Å². The lowest BCUT2D eigenvalue weighted by Gasteiger charge is -2.03.